The minimum atomic E-state index is -0.398. The maximum absolute atomic E-state index is 13.5. The van der Waals surface area contributed by atoms with Crippen molar-refractivity contribution in [1.29, 1.82) is 0 Å². The molecule has 1 atom stereocenters. The lowest BCUT2D eigenvalue weighted by molar-refractivity contribution is 0.220. The predicted molar refractivity (Wildman–Crippen MR) is 101 cm³/mol. The van der Waals surface area contributed by atoms with E-state index in [1.165, 1.54) is 11.8 Å². The number of hydrogen-bond donors (Lipinski definition) is 1. The summed E-state index contributed by atoms with van der Waals surface area (Å²) in [5.41, 5.74) is 3.21. The minimum absolute atomic E-state index is 0.0171. The van der Waals surface area contributed by atoms with E-state index in [1.54, 1.807) is 18.2 Å². The van der Waals surface area contributed by atoms with Gasteiger partial charge in [0, 0.05) is 31.5 Å². The number of halogens is 2. The largest absolute Gasteiger partial charge is 0.508 e. The van der Waals surface area contributed by atoms with Crippen molar-refractivity contribution in [2.24, 2.45) is 0 Å². The van der Waals surface area contributed by atoms with E-state index in [0.717, 1.165) is 30.6 Å². The highest BCUT2D eigenvalue weighted by Crippen LogP contribution is 2.34. The number of nitrogens with zero attached hydrogens (tertiary/aromatic N) is 2. The fraction of sp³-hybridized carbons (Fsp3) is 0.238. The molecule has 1 aliphatic heterocycles. The van der Waals surface area contributed by atoms with Gasteiger partial charge in [-0.3, -0.25) is 4.90 Å². The molecule has 1 aromatic heterocycles. The van der Waals surface area contributed by atoms with Crippen molar-refractivity contribution in [3.8, 4) is 5.75 Å². The monoisotopic (exact) mass is 370 g/mol. The molecule has 1 aliphatic rings. The van der Waals surface area contributed by atoms with Gasteiger partial charge in [0.05, 0.1) is 11.1 Å². The highest BCUT2D eigenvalue weighted by molar-refractivity contribution is 6.30. The van der Waals surface area contributed by atoms with Gasteiger partial charge >= 0.3 is 0 Å². The number of hydrogen-bond acceptors (Lipinski definition) is 2. The van der Waals surface area contributed by atoms with Crippen molar-refractivity contribution in [3.05, 3.63) is 88.5 Å². The van der Waals surface area contributed by atoms with Crippen LogP contribution >= 0.6 is 11.6 Å². The molecule has 134 valence electrons. The first kappa shape index (κ1) is 17.1. The van der Waals surface area contributed by atoms with Crippen LogP contribution in [0.5, 0.6) is 5.75 Å². The number of aromatic hydroxyl groups is 1. The first-order valence-corrected chi connectivity index (χ1v) is 9.11. The Bertz CT molecular complexity index is 924. The highest BCUT2D eigenvalue weighted by atomic mass is 35.5. The Labute approximate surface area is 157 Å². The molecule has 0 saturated carbocycles. The quantitative estimate of drug-likeness (QED) is 0.704. The summed E-state index contributed by atoms with van der Waals surface area (Å²) in [7, 11) is 0. The van der Waals surface area contributed by atoms with Crippen molar-refractivity contribution >= 4 is 11.6 Å². The van der Waals surface area contributed by atoms with E-state index in [2.05, 4.69) is 27.8 Å². The molecule has 2 heterocycles. The molecule has 3 aromatic rings. The third-order valence-corrected chi connectivity index (χ3v) is 5.20. The van der Waals surface area contributed by atoms with Crippen molar-refractivity contribution in [2.45, 2.75) is 25.6 Å². The zero-order valence-corrected chi connectivity index (χ0v) is 15.0. The van der Waals surface area contributed by atoms with E-state index in [0.29, 0.717) is 6.54 Å². The molecule has 1 unspecified atom stereocenters. The van der Waals surface area contributed by atoms with Gasteiger partial charge in [-0.15, -0.1) is 0 Å². The van der Waals surface area contributed by atoms with Crippen LogP contribution in [0.2, 0.25) is 5.02 Å². The van der Waals surface area contributed by atoms with Gasteiger partial charge in [-0.2, -0.15) is 0 Å². The molecule has 0 bridgehead atoms. The maximum Gasteiger partial charge on any atom is 0.141 e. The molecule has 5 heteroatoms. The molecule has 4 rings (SSSR count). The Morgan fingerprint density at radius 3 is 2.77 bits per heavy atom. The second kappa shape index (κ2) is 7.14. The SMILES string of the molecule is Oc1cccc(C2c3cccn3CCCN2Cc2ccc(F)c(Cl)c2)c1. The number of fused-ring (bicyclic) bond motifs is 1. The van der Waals surface area contributed by atoms with E-state index in [9.17, 15) is 9.50 Å². The van der Waals surface area contributed by atoms with Crippen molar-refractivity contribution in [2.75, 3.05) is 6.54 Å². The first-order chi connectivity index (χ1) is 12.6. The van der Waals surface area contributed by atoms with Crippen molar-refractivity contribution in [3.63, 3.8) is 0 Å². The normalized spacial score (nSPS) is 17.7. The molecule has 26 heavy (non-hydrogen) atoms. The van der Waals surface area contributed by atoms with Gasteiger partial charge in [0.2, 0.25) is 0 Å². The Kier molecular flexibility index (Phi) is 4.70. The van der Waals surface area contributed by atoms with E-state index < -0.39 is 5.82 Å². The fourth-order valence-corrected chi connectivity index (χ4v) is 3.96. The van der Waals surface area contributed by atoms with Gasteiger partial charge in [-0.05, 0) is 53.9 Å². The summed E-state index contributed by atoms with van der Waals surface area (Å²) in [6, 6.07) is 16.5. The van der Waals surface area contributed by atoms with Crippen LogP contribution in [0.1, 0.15) is 29.3 Å². The molecule has 0 radical (unpaired) electrons. The lowest BCUT2D eigenvalue weighted by Crippen LogP contribution is -2.29. The van der Waals surface area contributed by atoms with Crippen LogP contribution in [0.3, 0.4) is 0 Å². The summed E-state index contributed by atoms with van der Waals surface area (Å²) in [6.45, 7) is 2.51. The van der Waals surface area contributed by atoms with Crippen LogP contribution in [-0.2, 0) is 13.1 Å². The van der Waals surface area contributed by atoms with E-state index >= 15 is 0 Å². The van der Waals surface area contributed by atoms with Gasteiger partial charge in [0.1, 0.15) is 11.6 Å². The summed E-state index contributed by atoms with van der Waals surface area (Å²) in [4.78, 5) is 2.36. The molecule has 0 fully saturated rings. The first-order valence-electron chi connectivity index (χ1n) is 8.74. The van der Waals surface area contributed by atoms with Gasteiger partial charge in [-0.1, -0.05) is 29.8 Å². The smallest absolute Gasteiger partial charge is 0.141 e. The summed E-state index contributed by atoms with van der Waals surface area (Å²) in [5.74, 6) is -0.140. The van der Waals surface area contributed by atoms with Crippen LogP contribution in [-0.4, -0.2) is 21.1 Å². The number of phenolic OH excluding ortho intramolecular Hbond substituents is 1. The van der Waals surface area contributed by atoms with Crippen LogP contribution in [0, 0.1) is 5.82 Å². The molecule has 1 N–H and O–H groups in total. The Hall–Kier alpha value is -2.30. The number of aromatic nitrogens is 1. The van der Waals surface area contributed by atoms with Gasteiger partial charge in [0.15, 0.2) is 0 Å². The number of rotatable bonds is 3. The second-order valence-corrected chi connectivity index (χ2v) is 7.10. The number of benzene rings is 2. The molecular formula is C21H20ClFN2O. The zero-order chi connectivity index (χ0) is 18.1. The molecule has 0 amide bonds. The lowest BCUT2D eigenvalue weighted by atomic mass is 10.0. The topological polar surface area (TPSA) is 28.4 Å². The summed E-state index contributed by atoms with van der Waals surface area (Å²) >= 11 is 5.97. The maximum atomic E-state index is 13.5. The molecule has 0 spiro atoms. The Balaban J connectivity index is 1.74. The number of phenols is 1. The van der Waals surface area contributed by atoms with Gasteiger partial charge in [-0.25, -0.2) is 4.39 Å². The molecule has 0 aliphatic carbocycles. The third kappa shape index (κ3) is 3.35. The van der Waals surface area contributed by atoms with Crippen LogP contribution < -0.4 is 0 Å². The van der Waals surface area contributed by atoms with Crippen LogP contribution in [0.25, 0.3) is 0 Å². The Morgan fingerprint density at radius 1 is 1.08 bits per heavy atom. The lowest BCUT2D eigenvalue weighted by Gasteiger charge is -2.30. The summed E-state index contributed by atoms with van der Waals surface area (Å²) < 4.78 is 15.8. The van der Waals surface area contributed by atoms with Gasteiger partial charge in [0.25, 0.3) is 0 Å². The highest BCUT2D eigenvalue weighted by Gasteiger charge is 2.27. The van der Waals surface area contributed by atoms with Crippen LogP contribution in [0.15, 0.2) is 60.8 Å². The third-order valence-electron chi connectivity index (χ3n) is 4.91. The summed E-state index contributed by atoms with van der Waals surface area (Å²) in [6.07, 6.45) is 3.12. The zero-order valence-electron chi connectivity index (χ0n) is 14.3. The van der Waals surface area contributed by atoms with Crippen molar-refractivity contribution in [1.82, 2.24) is 9.47 Å². The minimum Gasteiger partial charge on any atom is -0.508 e. The van der Waals surface area contributed by atoms with Crippen LogP contribution in [0.4, 0.5) is 4.39 Å². The fourth-order valence-electron chi connectivity index (χ4n) is 3.76. The van der Waals surface area contributed by atoms with E-state index in [1.807, 2.05) is 18.2 Å². The average Bonchev–Trinajstić information content (AvgIpc) is 3.00. The molecule has 0 saturated heterocycles. The van der Waals surface area contributed by atoms with E-state index in [4.69, 9.17) is 11.6 Å². The van der Waals surface area contributed by atoms with Gasteiger partial charge < -0.3 is 9.67 Å². The molecule has 2 aromatic carbocycles. The Morgan fingerprint density at radius 2 is 1.96 bits per heavy atom. The average molecular weight is 371 g/mol. The molecular weight excluding hydrogens is 351 g/mol. The molecule has 3 nitrogen and oxygen atoms in total. The second-order valence-electron chi connectivity index (χ2n) is 6.70. The predicted octanol–water partition coefficient (Wildman–Crippen LogP) is 4.98. The number of aryl methyl sites for hydroxylation is 1. The van der Waals surface area contributed by atoms with Crippen molar-refractivity contribution < 1.29 is 9.50 Å². The van der Waals surface area contributed by atoms with E-state index in [-0.39, 0.29) is 16.8 Å². The summed E-state index contributed by atoms with van der Waals surface area (Å²) in [5, 5.41) is 10.1. The standard InChI is InChI=1S/C21H20ClFN2O/c22-18-12-15(7-8-19(18)23)14-25-11-3-10-24-9-2-6-20(24)21(25)16-4-1-5-17(26)13-16/h1-2,4-9,12-13,21,26H,3,10-11,14H2.